The lowest BCUT2D eigenvalue weighted by Crippen LogP contribution is -2.27. The molecule has 0 spiro atoms. The van der Waals surface area contributed by atoms with Crippen LogP contribution in [-0.4, -0.2) is 27.3 Å². The molecule has 1 heterocycles. The standard InChI is InChI=1S/C12H18N2O2/c1-12(7-13-14-8-12)9-4-5-10(15-2)11(6-9)16-3/h4-6,13-14H,7-8H2,1-3H3. The third-order valence-corrected chi connectivity index (χ3v) is 3.16. The van der Waals surface area contributed by atoms with E-state index in [1.54, 1.807) is 14.2 Å². The highest BCUT2D eigenvalue weighted by Gasteiger charge is 2.31. The summed E-state index contributed by atoms with van der Waals surface area (Å²) >= 11 is 0. The smallest absolute Gasteiger partial charge is 0.161 e. The fraction of sp³-hybridized carbons (Fsp3) is 0.500. The molecule has 1 aromatic carbocycles. The van der Waals surface area contributed by atoms with Gasteiger partial charge in [-0.25, -0.2) is 0 Å². The molecule has 0 radical (unpaired) electrons. The Morgan fingerprint density at radius 1 is 1.06 bits per heavy atom. The third kappa shape index (κ3) is 1.86. The van der Waals surface area contributed by atoms with Crippen LogP contribution in [0.2, 0.25) is 0 Å². The van der Waals surface area contributed by atoms with Gasteiger partial charge in [0.2, 0.25) is 0 Å². The molecule has 0 saturated carbocycles. The predicted octanol–water partition coefficient (Wildman–Crippen LogP) is 1.07. The van der Waals surface area contributed by atoms with Gasteiger partial charge < -0.3 is 9.47 Å². The topological polar surface area (TPSA) is 42.5 Å². The van der Waals surface area contributed by atoms with Crippen molar-refractivity contribution in [1.29, 1.82) is 0 Å². The molecule has 0 aliphatic carbocycles. The minimum absolute atomic E-state index is 0.111. The van der Waals surface area contributed by atoms with E-state index in [-0.39, 0.29) is 5.41 Å². The van der Waals surface area contributed by atoms with E-state index in [4.69, 9.17) is 9.47 Å². The number of benzene rings is 1. The number of rotatable bonds is 3. The lowest BCUT2D eigenvalue weighted by atomic mass is 9.83. The zero-order valence-corrected chi connectivity index (χ0v) is 9.96. The van der Waals surface area contributed by atoms with Gasteiger partial charge in [0.1, 0.15) is 0 Å². The fourth-order valence-electron chi connectivity index (χ4n) is 1.99. The summed E-state index contributed by atoms with van der Waals surface area (Å²) in [5.41, 5.74) is 7.67. The molecule has 1 aliphatic rings. The molecule has 0 aromatic heterocycles. The van der Waals surface area contributed by atoms with E-state index < -0.39 is 0 Å². The van der Waals surface area contributed by atoms with Crippen LogP contribution in [0.25, 0.3) is 0 Å². The molecule has 0 unspecified atom stereocenters. The Morgan fingerprint density at radius 2 is 1.69 bits per heavy atom. The second kappa shape index (κ2) is 4.31. The number of hydrazine groups is 1. The molecule has 4 heteroatoms. The van der Waals surface area contributed by atoms with Crippen LogP contribution in [0.5, 0.6) is 11.5 Å². The normalized spacial score (nSPS) is 18.4. The molecule has 88 valence electrons. The first-order valence-electron chi connectivity index (χ1n) is 5.38. The summed E-state index contributed by atoms with van der Waals surface area (Å²) < 4.78 is 10.5. The van der Waals surface area contributed by atoms with Crippen molar-refractivity contribution in [3.63, 3.8) is 0 Å². The first kappa shape index (κ1) is 11.2. The van der Waals surface area contributed by atoms with Gasteiger partial charge in [0.05, 0.1) is 14.2 Å². The van der Waals surface area contributed by atoms with Crippen LogP contribution in [0, 0.1) is 0 Å². The second-order valence-electron chi connectivity index (χ2n) is 4.34. The maximum Gasteiger partial charge on any atom is 0.161 e. The van der Waals surface area contributed by atoms with Gasteiger partial charge in [-0.3, -0.25) is 10.9 Å². The maximum atomic E-state index is 5.32. The van der Waals surface area contributed by atoms with Crippen molar-refractivity contribution < 1.29 is 9.47 Å². The van der Waals surface area contributed by atoms with Gasteiger partial charge in [0.25, 0.3) is 0 Å². The van der Waals surface area contributed by atoms with Gasteiger partial charge in [-0.05, 0) is 17.7 Å². The van der Waals surface area contributed by atoms with Crippen LogP contribution in [0.3, 0.4) is 0 Å². The third-order valence-electron chi connectivity index (χ3n) is 3.16. The first-order valence-corrected chi connectivity index (χ1v) is 5.38. The summed E-state index contributed by atoms with van der Waals surface area (Å²) in [4.78, 5) is 0. The largest absolute Gasteiger partial charge is 0.493 e. The van der Waals surface area contributed by atoms with Crippen molar-refractivity contribution in [2.45, 2.75) is 12.3 Å². The van der Waals surface area contributed by atoms with Crippen LogP contribution < -0.4 is 20.3 Å². The minimum atomic E-state index is 0.111. The van der Waals surface area contributed by atoms with Crippen LogP contribution >= 0.6 is 0 Å². The summed E-state index contributed by atoms with van der Waals surface area (Å²) in [5, 5.41) is 0. The summed E-state index contributed by atoms with van der Waals surface area (Å²) in [6.07, 6.45) is 0. The van der Waals surface area contributed by atoms with Gasteiger partial charge in [0, 0.05) is 18.5 Å². The Labute approximate surface area is 95.9 Å². The predicted molar refractivity (Wildman–Crippen MR) is 62.9 cm³/mol. The molecule has 2 N–H and O–H groups in total. The Morgan fingerprint density at radius 3 is 2.25 bits per heavy atom. The molecule has 0 amide bonds. The monoisotopic (exact) mass is 222 g/mol. The highest BCUT2D eigenvalue weighted by Crippen LogP contribution is 2.33. The fourth-order valence-corrected chi connectivity index (χ4v) is 1.99. The summed E-state index contributed by atoms with van der Waals surface area (Å²) in [6.45, 7) is 4.06. The molecule has 0 bridgehead atoms. The van der Waals surface area contributed by atoms with Gasteiger partial charge in [-0.2, -0.15) is 0 Å². The van der Waals surface area contributed by atoms with E-state index in [2.05, 4.69) is 23.8 Å². The zero-order valence-electron chi connectivity index (χ0n) is 9.96. The van der Waals surface area contributed by atoms with Gasteiger partial charge in [-0.15, -0.1) is 0 Å². The van der Waals surface area contributed by atoms with Gasteiger partial charge >= 0.3 is 0 Å². The lowest BCUT2D eigenvalue weighted by Gasteiger charge is -2.23. The molecule has 1 saturated heterocycles. The highest BCUT2D eigenvalue weighted by atomic mass is 16.5. The molecule has 16 heavy (non-hydrogen) atoms. The number of hydrogen-bond acceptors (Lipinski definition) is 4. The number of hydrogen-bond donors (Lipinski definition) is 2. The molecule has 1 fully saturated rings. The van der Waals surface area contributed by atoms with Crippen molar-refractivity contribution in [2.24, 2.45) is 0 Å². The minimum Gasteiger partial charge on any atom is -0.493 e. The molecular formula is C12H18N2O2. The lowest BCUT2D eigenvalue weighted by molar-refractivity contribution is 0.353. The van der Waals surface area contributed by atoms with E-state index in [1.807, 2.05) is 12.1 Å². The molecule has 1 aliphatic heterocycles. The van der Waals surface area contributed by atoms with Crippen molar-refractivity contribution in [3.05, 3.63) is 23.8 Å². The van der Waals surface area contributed by atoms with Crippen LogP contribution in [-0.2, 0) is 5.41 Å². The Bertz CT molecular complexity index is 373. The zero-order chi connectivity index (χ0) is 11.6. The Hall–Kier alpha value is -1.26. The number of nitrogens with one attached hydrogen (secondary N) is 2. The molecule has 4 nitrogen and oxygen atoms in total. The van der Waals surface area contributed by atoms with Gasteiger partial charge in [0.15, 0.2) is 11.5 Å². The SMILES string of the molecule is COc1ccc(C2(C)CNNC2)cc1OC. The molecule has 1 aromatic rings. The second-order valence-corrected chi connectivity index (χ2v) is 4.34. The molecule has 0 atom stereocenters. The van der Waals surface area contributed by atoms with Crippen molar-refractivity contribution in [2.75, 3.05) is 27.3 Å². The van der Waals surface area contributed by atoms with E-state index in [9.17, 15) is 0 Å². The highest BCUT2D eigenvalue weighted by molar-refractivity contribution is 5.45. The van der Waals surface area contributed by atoms with E-state index >= 15 is 0 Å². The van der Waals surface area contributed by atoms with E-state index in [1.165, 1.54) is 5.56 Å². The average Bonchev–Trinajstić information content (AvgIpc) is 2.76. The van der Waals surface area contributed by atoms with E-state index in [0.717, 1.165) is 24.6 Å². The van der Waals surface area contributed by atoms with Crippen molar-refractivity contribution in [3.8, 4) is 11.5 Å². The summed E-state index contributed by atoms with van der Waals surface area (Å²) in [7, 11) is 3.31. The van der Waals surface area contributed by atoms with Crippen LogP contribution in [0.15, 0.2) is 18.2 Å². The maximum absolute atomic E-state index is 5.32. The van der Waals surface area contributed by atoms with Crippen LogP contribution in [0.4, 0.5) is 0 Å². The molecule has 2 rings (SSSR count). The first-order chi connectivity index (χ1) is 7.69. The number of methoxy groups -OCH3 is 2. The summed E-state index contributed by atoms with van der Waals surface area (Å²) in [5.74, 6) is 1.56. The Balaban J connectivity index is 2.35. The van der Waals surface area contributed by atoms with Crippen LogP contribution in [0.1, 0.15) is 12.5 Å². The van der Waals surface area contributed by atoms with E-state index in [0.29, 0.717) is 0 Å². The quantitative estimate of drug-likeness (QED) is 0.803. The van der Waals surface area contributed by atoms with Crippen molar-refractivity contribution >= 4 is 0 Å². The van der Waals surface area contributed by atoms with Gasteiger partial charge in [-0.1, -0.05) is 13.0 Å². The number of ether oxygens (including phenoxy) is 2. The molecular weight excluding hydrogens is 204 g/mol. The average molecular weight is 222 g/mol. The van der Waals surface area contributed by atoms with Crippen molar-refractivity contribution in [1.82, 2.24) is 10.9 Å². The Kier molecular flexibility index (Phi) is 3.03. The summed E-state index contributed by atoms with van der Waals surface area (Å²) in [6, 6.07) is 6.10.